The van der Waals surface area contributed by atoms with Gasteiger partial charge in [-0.15, -0.1) is 0 Å². The fourth-order valence-corrected chi connectivity index (χ4v) is 1.66. The standard InChI is InChI=1S/C14H29NO5/c1-14(2,3)20-12(16)8-7-11(10-17-4)15-9-13(18-5)19-6/h11,13,15H,7-10H2,1-6H3. The van der Waals surface area contributed by atoms with Gasteiger partial charge in [0.2, 0.25) is 0 Å². The number of hydrogen-bond acceptors (Lipinski definition) is 6. The van der Waals surface area contributed by atoms with Crippen LogP contribution in [0.4, 0.5) is 0 Å². The highest BCUT2D eigenvalue weighted by atomic mass is 16.7. The van der Waals surface area contributed by atoms with E-state index in [9.17, 15) is 4.79 Å². The van der Waals surface area contributed by atoms with E-state index in [-0.39, 0.29) is 18.3 Å². The Bertz CT molecular complexity index is 261. The molecule has 1 N–H and O–H groups in total. The zero-order valence-electron chi connectivity index (χ0n) is 13.5. The first-order chi connectivity index (χ1) is 9.32. The number of ether oxygens (including phenoxy) is 4. The van der Waals surface area contributed by atoms with E-state index in [0.29, 0.717) is 26.0 Å². The largest absolute Gasteiger partial charge is 0.460 e. The van der Waals surface area contributed by atoms with E-state index in [0.717, 1.165) is 0 Å². The third kappa shape index (κ3) is 10.1. The van der Waals surface area contributed by atoms with Gasteiger partial charge in [0.25, 0.3) is 0 Å². The van der Waals surface area contributed by atoms with Crippen molar-refractivity contribution in [1.29, 1.82) is 0 Å². The third-order valence-electron chi connectivity index (χ3n) is 2.58. The van der Waals surface area contributed by atoms with Crippen molar-refractivity contribution < 1.29 is 23.7 Å². The van der Waals surface area contributed by atoms with Crippen LogP contribution in [0.5, 0.6) is 0 Å². The molecule has 20 heavy (non-hydrogen) atoms. The number of carbonyl (C=O) groups is 1. The average Bonchev–Trinajstić information content (AvgIpc) is 2.34. The Balaban J connectivity index is 4.10. The molecule has 0 aliphatic rings. The summed E-state index contributed by atoms with van der Waals surface area (Å²) in [7, 11) is 4.80. The molecule has 0 aliphatic carbocycles. The minimum atomic E-state index is -0.446. The molecule has 120 valence electrons. The molecule has 0 radical (unpaired) electrons. The molecule has 0 saturated carbocycles. The average molecular weight is 291 g/mol. The summed E-state index contributed by atoms with van der Waals surface area (Å²) in [6.07, 6.45) is 0.683. The van der Waals surface area contributed by atoms with Crippen molar-refractivity contribution in [3.63, 3.8) is 0 Å². The van der Waals surface area contributed by atoms with E-state index in [4.69, 9.17) is 18.9 Å². The number of nitrogens with one attached hydrogen (secondary N) is 1. The Morgan fingerprint density at radius 1 is 1.15 bits per heavy atom. The first-order valence-corrected chi connectivity index (χ1v) is 6.82. The Hall–Kier alpha value is -0.690. The lowest BCUT2D eigenvalue weighted by molar-refractivity contribution is -0.155. The summed E-state index contributed by atoms with van der Waals surface area (Å²) in [6, 6.07) is 0.0559. The normalized spacial score (nSPS) is 13.6. The van der Waals surface area contributed by atoms with Gasteiger partial charge in [0.15, 0.2) is 6.29 Å². The maximum absolute atomic E-state index is 11.7. The molecule has 0 aromatic rings. The predicted octanol–water partition coefficient (Wildman–Crippen LogP) is 1.33. The van der Waals surface area contributed by atoms with Crippen LogP contribution >= 0.6 is 0 Å². The summed E-state index contributed by atoms with van der Waals surface area (Å²) < 4.78 is 20.6. The van der Waals surface area contributed by atoms with Gasteiger partial charge >= 0.3 is 5.97 Å². The second-order valence-corrected chi connectivity index (χ2v) is 5.59. The van der Waals surface area contributed by atoms with Crippen LogP contribution in [0.25, 0.3) is 0 Å². The van der Waals surface area contributed by atoms with Crippen molar-refractivity contribution in [2.24, 2.45) is 0 Å². The molecule has 6 nitrogen and oxygen atoms in total. The lowest BCUT2D eigenvalue weighted by Gasteiger charge is -2.23. The van der Waals surface area contributed by atoms with Crippen molar-refractivity contribution in [1.82, 2.24) is 5.32 Å². The van der Waals surface area contributed by atoms with Gasteiger partial charge in [-0.3, -0.25) is 4.79 Å². The summed E-state index contributed by atoms with van der Waals surface area (Å²) in [5.41, 5.74) is -0.446. The van der Waals surface area contributed by atoms with Crippen molar-refractivity contribution in [3.05, 3.63) is 0 Å². The molecular weight excluding hydrogens is 262 g/mol. The van der Waals surface area contributed by atoms with Gasteiger partial charge in [0, 0.05) is 40.3 Å². The van der Waals surface area contributed by atoms with Crippen LogP contribution in [0.2, 0.25) is 0 Å². The molecule has 0 aromatic carbocycles. The molecule has 6 heteroatoms. The van der Waals surface area contributed by atoms with Crippen LogP contribution in [0.3, 0.4) is 0 Å². The summed E-state index contributed by atoms with van der Waals surface area (Å²) in [5.74, 6) is -0.199. The molecule has 0 rings (SSSR count). The van der Waals surface area contributed by atoms with Crippen LogP contribution in [0, 0.1) is 0 Å². The topological polar surface area (TPSA) is 66.0 Å². The molecule has 0 aromatic heterocycles. The Labute approximate surface area is 122 Å². The number of carbonyl (C=O) groups excluding carboxylic acids is 1. The van der Waals surface area contributed by atoms with Crippen LogP contribution in [-0.4, -0.2) is 58.4 Å². The van der Waals surface area contributed by atoms with Gasteiger partial charge in [-0.25, -0.2) is 0 Å². The minimum absolute atomic E-state index is 0.0559. The molecule has 0 spiro atoms. The lowest BCUT2D eigenvalue weighted by atomic mass is 10.1. The highest BCUT2D eigenvalue weighted by Crippen LogP contribution is 2.10. The maximum Gasteiger partial charge on any atom is 0.306 e. The zero-order chi connectivity index (χ0) is 15.6. The molecule has 0 saturated heterocycles. The zero-order valence-corrected chi connectivity index (χ0v) is 13.5. The number of esters is 1. The molecular formula is C14H29NO5. The van der Waals surface area contributed by atoms with E-state index in [1.54, 1.807) is 21.3 Å². The van der Waals surface area contributed by atoms with Gasteiger partial charge in [0.1, 0.15) is 5.60 Å². The summed E-state index contributed by atoms with van der Waals surface area (Å²) in [4.78, 5) is 11.7. The summed E-state index contributed by atoms with van der Waals surface area (Å²) in [6.45, 7) is 6.63. The molecule has 1 unspecified atom stereocenters. The fourth-order valence-electron chi connectivity index (χ4n) is 1.66. The van der Waals surface area contributed by atoms with Crippen LogP contribution in [0.1, 0.15) is 33.6 Å². The second kappa shape index (κ2) is 10.1. The highest BCUT2D eigenvalue weighted by Gasteiger charge is 2.18. The minimum Gasteiger partial charge on any atom is -0.460 e. The van der Waals surface area contributed by atoms with E-state index >= 15 is 0 Å². The molecule has 0 heterocycles. The van der Waals surface area contributed by atoms with Crippen molar-refractivity contribution >= 4 is 5.97 Å². The summed E-state index contributed by atoms with van der Waals surface area (Å²) in [5, 5.41) is 3.26. The summed E-state index contributed by atoms with van der Waals surface area (Å²) >= 11 is 0. The van der Waals surface area contributed by atoms with Crippen molar-refractivity contribution in [2.45, 2.75) is 51.5 Å². The molecule has 0 fully saturated rings. The van der Waals surface area contributed by atoms with Crippen LogP contribution < -0.4 is 5.32 Å². The van der Waals surface area contributed by atoms with Crippen molar-refractivity contribution in [3.8, 4) is 0 Å². The Morgan fingerprint density at radius 2 is 1.75 bits per heavy atom. The highest BCUT2D eigenvalue weighted by molar-refractivity contribution is 5.69. The monoisotopic (exact) mass is 291 g/mol. The number of rotatable bonds is 10. The SMILES string of the molecule is COCC(CCC(=O)OC(C)(C)C)NCC(OC)OC. The van der Waals surface area contributed by atoms with Crippen LogP contribution in [0.15, 0.2) is 0 Å². The fraction of sp³-hybridized carbons (Fsp3) is 0.929. The first-order valence-electron chi connectivity index (χ1n) is 6.82. The molecule has 1 atom stereocenters. The van der Waals surface area contributed by atoms with Gasteiger partial charge in [-0.2, -0.15) is 0 Å². The lowest BCUT2D eigenvalue weighted by Crippen LogP contribution is -2.40. The molecule has 0 amide bonds. The van der Waals surface area contributed by atoms with Gasteiger partial charge in [-0.1, -0.05) is 0 Å². The molecule has 0 aliphatic heterocycles. The smallest absolute Gasteiger partial charge is 0.306 e. The van der Waals surface area contributed by atoms with Crippen LogP contribution in [-0.2, 0) is 23.7 Å². The predicted molar refractivity (Wildman–Crippen MR) is 76.6 cm³/mol. The quantitative estimate of drug-likeness (QED) is 0.484. The maximum atomic E-state index is 11.7. The van der Waals surface area contributed by atoms with E-state index in [1.807, 2.05) is 20.8 Å². The molecule has 0 bridgehead atoms. The first kappa shape index (κ1) is 19.3. The van der Waals surface area contributed by atoms with Gasteiger partial charge in [0.05, 0.1) is 6.61 Å². The van der Waals surface area contributed by atoms with Gasteiger partial charge < -0.3 is 24.3 Å². The van der Waals surface area contributed by atoms with E-state index in [1.165, 1.54) is 0 Å². The van der Waals surface area contributed by atoms with E-state index < -0.39 is 5.60 Å². The third-order valence-corrected chi connectivity index (χ3v) is 2.58. The van der Waals surface area contributed by atoms with Crippen molar-refractivity contribution in [2.75, 3.05) is 34.5 Å². The van der Waals surface area contributed by atoms with Gasteiger partial charge in [-0.05, 0) is 27.2 Å². The Kier molecular flexibility index (Phi) is 9.75. The number of hydrogen-bond donors (Lipinski definition) is 1. The van der Waals surface area contributed by atoms with E-state index in [2.05, 4.69) is 5.32 Å². The number of methoxy groups -OCH3 is 3. The Morgan fingerprint density at radius 3 is 2.20 bits per heavy atom. The second-order valence-electron chi connectivity index (χ2n) is 5.59.